The Balaban J connectivity index is 2.32. The standard InChI is InChI=1S/C12H15NO3/c1-15-11-5-8(7-14)4-9-6-10(2-3-13)16-12(9)11/h4-5,7,10H,2-3,6,13H2,1H3. The maximum absolute atomic E-state index is 10.8. The van der Waals surface area contributed by atoms with E-state index in [2.05, 4.69) is 0 Å². The normalized spacial score (nSPS) is 17.8. The van der Waals surface area contributed by atoms with E-state index >= 15 is 0 Å². The Labute approximate surface area is 94.3 Å². The van der Waals surface area contributed by atoms with Gasteiger partial charge in [-0.1, -0.05) is 0 Å². The van der Waals surface area contributed by atoms with Crippen LogP contribution in [0.4, 0.5) is 0 Å². The molecular formula is C12H15NO3. The molecule has 4 heteroatoms. The van der Waals surface area contributed by atoms with Crippen molar-refractivity contribution in [2.75, 3.05) is 13.7 Å². The van der Waals surface area contributed by atoms with E-state index in [9.17, 15) is 4.79 Å². The van der Waals surface area contributed by atoms with Crippen molar-refractivity contribution in [1.29, 1.82) is 0 Å². The summed E-state index contributed by atoms with van der Waals surface area (Å²) in [7, 11) is 1.57. The van der Waals surface area contributed by atoms with Crippen molar-refractivity contribution in [3.63, 3.8) is 0 Å². The summed E-state index contributed by atoms with van der Waals surface area (Å²) < 4.78 is 11.0. The summed E-state index contributed by atoms with van der Waals surface area (Å²) in [6.45, 7) is 0.599. The minimum absolute atomic E-state index is 0.107. The summed E-state index contributed by atoms with van der Waals surface area (Å²) in [6.07, 6.45) is 2.54. The van der Waals surface area contributed by atoms with Gasteiger partial charge in [0.05, 0.1) is 7.11 Å². The SMILES string of the molecule is COc1cc(C=O)cc2c1OC(CCN)C2. The molecule has 0 aliphatic carbocycles. The first-order chi connectivity index (χ1) is 7.78. The molecule has 16 heavy (non-hydrogen) atoms. The van der Waals surface area contributed by atoms with Gasteiger partial charge < -0.3 is 15.2 Å². The van der Waals surface area contributed by atoms with E-state index in [0.717, 1.165) is 30.4 Å². The first kappa shape index (κ1) is 11.0. The van der Waals surface area contributed by atoms with Gasteiger partial charge >= 0.3 is 0 Å². The highest BCUT2D eigenvalue weighted by molar-refractivity contribution is 5.77. The number of rotatable bonds is 4. The number of ether oxygens (including phenoxy) is 2. The molecule has 0 saturated heterocycles. The second kappa shape index (κ2) is 4.53. The zero-order valence-electron chi connectivity index (χ0n) is 9.23. The lowest BCUT2D eigenvalue weighted by Crippen LogP contribution is -2.17. The van der Waals surface area contributed by atoms with Crippen molar-refractivity contribution < 1.29 is 14.3 Å². The predicted molar refractivity (Wildman–Crippen MR) is 60.2 cm³/mol. The average Bonchev–Trinajstić information content (AvgIpc) is 2.70. The molecule has 0 amide bonds. The van der Waals surface area contributed by atoms with E-state index in [1.165, 1.54) is 0 Å². The summed E-state index contributed by atoms with van der Waals surface area (Å²) in [5.74, 6) is 1.38. The third kappa shape index (κ3) is 1.88. The molecule has 2 rings (SSSR count). The Morgan fingerprint density at radius 1 is 1.62 bits per heavy atom. The number of fused-ring (bicyclic) bond motifs is 1. The molecule has 0 bridgehead atoms. The third-order valence-corrected chi connectivity index (χ3v) is 2.73. The largest absolute Gasteiger partial charge is 0.493 e. The second-order valence-corrected chi connectivity index (χ2v) is 3.85. The molecule has 1 aromatic carbocycles. The molecule has 0 radical (unpaired) electrons. The maximum Gasteiger partial charge on any atom is 0.164 e. The van der Waals surface area contributed by atoms with Crippen molar-refractivity contribution in [3.05, 3.63) is 23.3 Å². The number of carbonyl (C=O) groups is 1. The number of benzene rings is 1. The molecule has 1 heterocycles. The fourth-order valence-corrected chi connectivity index (χ4v) is 1.99. The van der Waals surface area contributed by atoms with Crippen LogP contribution in [0.1, 0.15) is 22.3 Å². The van der Waals surface area contributed by atoms with Crippen LogP contribution < -0.4 is 15.2 Å². The van der Waals surface area contributed by atoms with Gasteiger partial charge in [-0.2, -0.15) is 0 Å². The lowest BCUT2D eigenvalue weighted by molar-refractivity contribution is 0.112. The smallest absolute Gasteiger partial charge is 0.164 e. The number of hydrogen-bond donors (Lipinski definition) is 1. The van der Waals surface area contributed by atoms with E-state index in [-0.39, 0.29) is 6.10 Å². The number of nitrogens with two attached hydrogens (primary N) is 1. The van der Waals surface area contributed by atoms with E-state index in [4.69, 9.17) is 15.2 Å². The molecule has 0 aromatic heterocycles. The first-order valence-corrected chi connectivity index (χ1v) is 5.31. The Morgan fingerprint density at radius 2 is 2.44 bits per heavy atom. The summed E-state index contributed by atoms with van der Waals surface area (Å²) in [4.78, 5) is 10.8. The zero-order valence-corrected chi connectivity index (χ0v) is 9.23. The molecule has 1 aromatic rings. The van der Waals surface area contributed by atoms with Crippen LogP contribution in [-0.4, -0.2) is 26.0 Å². The van der Waals surface area contributed by atoms with Crippen molar-refractivity contribution in [2.45, 2.75) is 18.9 Å². The molecule has 0 saturated carbocycles. The first-order valence-electron chi connectivity index (χ1n) is 5.31. The van der Waals surface area contributed by atoms with E-state index in [1.54, 1.807) is 13.2 Å². The van der Waals surface area contributed by atoms with Crippen LogP contribution in [-0.2, 0) is 6.42 Å². The van der Waals surface area contributed by atoms with Gasteiger partial charge in [-0.3, -0.25) is 4.79 Å². The van der Waals surface area contributed by atoms with Gasteiger partial charge in [-0.25, -0.2) is 0 Å². The molecule has 4 nitrogen and oxygen atoms in total. The van der Waals surface area contributed by atoms with Crippen molar-refractivity contribution >= 4 is 6.29 Å². The second-order valence-electron chi connectivity index (χ2n) is 3.85. The van der Waals surface area contributed by atoms with Gasteiger partial charge in [0.15, 0.2) is 11.5 Å². The van der Waals surface area contributed by atoms with Crippen molar-refractivity contribution in [2.24, 2.45) is 5.73 Å². The average molecular weight is 221 g/mol. The summed E-state index contributed by atoms with van der Waals surface area (Å²) >= 11 is 0. The molecule has 1 atom stereocenters. The number of hydrogen-bond acceptors (Lipinski definition) is 4. The monoisotopic (exact) mass is 221 g/mol. The topological polar surface area (TPSA) is 61.5 Å². The molecule has 1 unspecified atom stereocenters. The zero-order chi connectivity index (χ0) is 11.5. The van der Waals surface area contributed by atoms with E-state index in [1.807, 2.05) is 6.07 Å². The number of carbonyl (C=O) groups excluding carboxylic acids is 1. The highest BCUT2D eigenvalue weighted by Crippen LogP contribution is 2.39. The van der Waals surface area contributed by atoms with Crippen LogP contribution in [0.5, 0.6) is 11.5 Å². The lowest BCUT2D eigenvalue weighted by Gasteiger charge is -2.10. The summed E-state index contributed by atoms with van der Waals surface area (Å²) in [5.41, 5.74) is 7.15. The molecule has 1 aliphatic heterocycles. The van der Waals surface area contributed by atoms with Crippen LogP contribution in [0.3, 0.4) is 0 Å². The van der Waals surface area contributed by atoms with Crippen molar-refractivity contribution in [1.82, 2.24) is 0 Å². The van der Waals surface area contributed by atoms with Crippen LogP contribution in [0.15, 0.2) is 12.1 Å². The minimum Gasteiger partial charge on any atom is -0.493 e. The molecule has 86 valence electrons. The van der Waals surface area contributed by atoms with Gasteiger partial charge in [0.25, 0.3) is 0 Å². The maximum atomic E-state index is 10.8. The molecule has 2 N–H and O–H groups in total. The van der Waals surface area contributed by atoms with Crippen LogP contribution in [0.25, 0.3) is 0 Å². The van der Waals surface area contributed by atoms with Crippen LogP contribution in [0, 0.1) is 0 Å². The van der Waals surface area contributed by atoms with Gasteiger partial charge in [-0.15, -0.1) is 0 Å². The molecule has 1 aliphatic rings. The summed E-state index contributed by atoms with van der Waals surface area (Å²) in [6, 6.07) is 3.54. The number of methoxy groups -OCH3 is 1. The fraction of sp³-hybridized carbons (Fsp3) is 0.417. The van der Waals surface area contributed by atoms with E-state index < -0.39 is 0 Å². The predicted octanol–water partition coefficient (Wildman–Crippen LogP) is 1.16. The van der Waals surface area contributed by atoms with Gasteiger partial charge in [-0.05, 0) is 25.1 Å². The van der Waals surface area contributed by atoms with Gasteiger partial charge in [0, 0.05) is 17.5 Å². The summed E-state index contributed by atoms with van der Waals surface area (Å²) in [5, 5.41) is 0. The lowest BCUT2D eigenvalue weighted by atomic mass is 10.1. The van der Waals surface area contributed by atoms with Crippen LogP contribution >= 0.6 is 0 Å². The highest BCUT2D eigenvalue weighted by atomic mass is 16.5. The Hall–Kier alpha value is -1.55. The molecular weight excluding hydrogens is 206 g/mol. The van der Waals surface area contributed by atoms with Crippen molar-refractivity contribution in [3.8, 4) is 11.5 Å². The third-order valence-electron chi connectivity index (χ3n) is 2.73. The molecule has 0 fully saturated rings. The Morgan fingerprint density at radius 3 is 3.06 bits per heavy atom. The minimum atomic E-state index is 0.107. The highest BCUT2D eigenvalue weighted by Gasteiger charge is 2.26. The quantitative estimate of drug-likeness (QED) is 0.775. The van der Waals surface area contributed by atoms with Gasteiger partial charge in [0.2, 0.25) is 0 Å². The fourth-order valence-electron chi connectivity index (χ4n) is 1.99. The van der Waals surface area contributed by atoms with Gasteiger partial charge in [0.1, 0.15) is 12.4 Å². The molecule has 0 spiro atoms. The van der Waals surface area contributed by atoms with Crippen LogP contribution in [0.2, 0.25) is 0 Å². The number of aldehydes is 1. The Kier molecular flexibility index (Phi) is 3.10. The van der Waals surface area contributed by atoms with E-state index in [0.29, 0.717) is 17.9 Å². The Bertz CT molecular complexity index is 403.